The monoisotopic (exact) mass is 418 g/mol. The summed E-state index contributed by atoms with van der Waals surface area (Å²) in [5.41, 5.74) is 0. The number of aliphatic carboxylic acids is 3. The number of carboxylic acids is 3. The Hall–Kier alpha value is -1.79. The lowest BCUT2D eigenvalue weighted by atomic mass is 10.2. The summed E-state index contributed by atoms with van der Waals surface area (Å²) < 4.78 is 0. The molecule has 1 heterocycles. The highest BCUT2D eigenvalue weighted by Crippen LogP contribution is 2.07. The minimum absolute atomic E-state index is 0.0270. The lowest BCUT2D eigenvalue weighted by Crippen LogP contribution is -2.50. The number of carboxylic acid groups (broad SMARTS) is 3. The van der Waals surface area contributed by atoms with Crippen LogP contribution in [0.3, 0.4) is 0 Å². The predicted molar refractivity (Wildman–Crippen MR) is 105 cm³/mol. The maximum absolute atomic E-state index is 11.2. The second-order valence-electron chi connectivity index (χ2n) is 7.29. The fourth-order valence-electron chi connectivity index (χ4n) is 3.47. The molecule has 0 amide bonds. The molecule has 0 aromatic carbocycles. The molecule has 0 saturated carbocycles. The first-order valence-electron chi connectivity index (χ1n) is 9.92. The van der Waals surface area contributed by atoms with Gasteiger partial charge >= 0.3 is 17.9 Å². The van der Waals surface area contributed by atoms with E-state index in [0.717, 1.165) is 6.42 Å². The summed E-state index contributed by atoms with van der Waals surface area (Å²) in [6.07, 6.45) is 0.723. The Balaban J connectivity index is 2.97. The van der Waals surface area contributed by atoms with Crippen molar-refractivity contribution in [2.45, 2.75) is 19.4 Å². The number of aliphatic hydroxyl groups excluding tert-OH is 1. The molecule has 168 valence electrons. The minimum Gasteiger partial charge on any atom is -0.480 e. The molecular weight excluding hydrogens is 384 g/mol. The molecule has 1 unspecified atom stereocenters. The summed E-state index contributed by atoms with van der Waals surface area (Å²) in [5.74, 6) is -2.88. The maximum Gasteiger partial charge on any atom is 0.317 e. The van der Waals surface area contributed by atoms with Crippen molar-refractivity contribution >= 4 is 17.9 Å². The fourth-order valence-corrected chi connectivity index (χ4v) is 3.47. The van der Waals surface area contributed by atoms with Crippen LogP contribution >= 0.6 is 0 Å². The van der Waals surface area contributed by atoms with Crippen molar-refractivity contribution in [2.75, 3.05) is 78.6 Å². The smallest absolute Gasteiger partial charge is 0.317 e. The summed E-state index contributed by atoms with van der Waals surface area (Å²) in [5, 5.41) is 37.2. The van der Waals surface area contributed by atoms with Crippen molar-refractivity contribution in [3.05, 3.63) is 0 Å². The normalized spacial score (nSPS) is 20.5. The molecule has 0 aromatic rings. The van der Waals surface area contributed by atoms with E-state index in [4.69, 9.17) is 5.11 Å². The van der Waals surface area contributed by atoms with Gasteiger partial charge in [-0.25, -0.2) is 0 Å². The number of rotatable bonds is 9. The molecule has 4 N–H and O–H groups in total. The van der Waals surface area contributed by atoms with E-state index in [0.29, 0.717) is 52.4 Å². The molecule has 1 saturated heterocycles. The van der Waals surface area contributed by atoms with E-state index in [-0.39, 0.29) is 32.3 Å². The van der Waals surface area contributed by atoms with Gasteiger partial charge in [-0.05, 0) is 6.42 Å². The van der Waals surface area contributed by atoms with Gasteiger partial charge in [0.25, 0.3) is 0 Å². The van der Waals surface area contributed by atoms with Crippen molar-refractivity contribution in [1.82, 2.24) is 19.6 Å². The van der Waals surface area contributed by atoms with Gasteiger partial charge < -0.3 is 20.4 Å². The van der Waals surface area contributed by atoms with Crippen LogP contribution in [0.25, 0.3) is 0 Å². The summed E-state index contributed by atoms with van der Waals surface area (Å²) >= 11 is 0. The third-order valence-electron chi connectivity index (χ3n) is 5.15. The molecule has 11 heteroatoms. The molecule has 1 aliphatic rings. The second-order valence-corrected chi connectivity index (χ2v) is 7.29. The molecule has 1 aliphatic heterocycles. The molecule has 29 heavy (non-hydrogen) atoms. The summed E-state index contributed by atoms with van der Waals surface area (Å²) in [6.45, 7) is 4.98. The van der Waals surface area contributed by atoms with Crippen LogP contribution in [0.15, 0.2) is 0 Å². The first-order chi connectivity index (χ1) is 13.7. The third-order valence-corrected chi connectivity index (χ3v) is 5.15. The van der Waals surface area contributed by atoms with Crippen LogP contribution in [0.1, 0.15) is 13.3 Å². The number of hydrogen-bond donors (Lipinski definition) is 4. The standard InChI is InChI=1S/C18H34N4O7/c1-2-15(14-23)22-9-7-20(12-17(26)27)5-3-19(11-16(24)25)4-6-21(8-10-22)13-18(28)29/h15,23H,2-14H2,1H3,(H,24,25)(H,26,27)(H,28,29). The van der Waals surface area contributed by atoms with E-state index in [1.54, 1.807) is 14.7 Å². The molecule has 0 aromatic heterocycles. The van der Waals surface area contributed by atoms with Gasteiger partial charge in [0.05, 0.1) is 26.2 Å². The van der Waals surface area contributed by atoms with Gasteiger partial charge in [0.2, 0.25) is 0 Å². The quantitative estimate of drug-likeness (QED) is 0.338. The van der Waals surface area contributed by atoms with Crippen LogP contribution < -0.4 is 0 Å². The first-order valence-corrected chi connectivity index (χ1v) is 9.92. The van der Waals surface area contributed by atoms with E-state index >= 15 is 0 Å². The SMILES string of the molecule is CCC(CO)N1CCN(CC(=O)O)CCN(CC(=O)O)CCN(CC(=O)O)CC1. The van der Waals surface area contributed by atoms with E-state index in [2.05, 4.69) is 4.90 Å². The molecular formula is C18H34N4O7. The molecule has 0 radical (unpaired) electrons. The average Bonchev–Trinajstić information content (AvgIpc) is 2.63. The Morgan fingerprint density at radius 3 is 1.24 bits per heavy atom. The molecule has 0 bridgehead atoms. The zero-order valence-electron chi connectivity index (χ0n) is 17.1. The van der Waals surface area contributed by atoms with Gasteiger partial charge in [-0.2, -0.15) is 0 Å². The van der Waals surface area contributed by atoms with Crippen molar-refractivity contribution in [3.63, 3.8) is 0 Å². The summed E-state index contributed by atoms with van der Waals surface area (Å²) in [7, 11) is 0. The van der Waals surface area contributed by atoms with E-state index in [1.165, 1.54) is 0 Å². The van der Waals surface area contributed by atoms with Gasteiger partial charge in [0.15, 0.2) is 0 Å². The largest absolute Gasteiger partial charge is 0.480 e. The van der Waals surface area contributed by atoms with Crippen LogP contribution in [0, 0.1) is 0 Å². The topological polar surface area (TPSA) is 145 Å². The van der Waals surface area contributed by atoms with Gasteiger partial charge in [-0.1, -0.05) is 6.92 Å². The molecule has 0 spiro atoms. The summed E-state index contributed by atoms with van der Waals surface area (Å²) in [4.78, 5) is 40.9. The number of nitrogens with zero attached hydrogens (tertiary/aromatic N) is 4. The van der Waals surface area contributed by atoms with Gasteiger partial charge in [-0.15, -0.1) is 0 Å². The Morgan fingerprint density at radius 1 is 0.690 bits per heavy atom. The Bertz CT molecular complexity index is 498. The van der Waals surface area contributed by atoms with Gasteiger partial charge in [0, 0.05) is 58.4 Å². The lowest BCUT2D eigenvalue weighted by Gasteiger charge is -2.35. The molecule has 1 fully saturated rings. The van der Waals surface area contributed by atoms with Crippen molar-refractivity contribution < 1.29 is 34.8 Å². The predicted octanol–water partition coefficient (Wildman–Crippen LogP) is -1.77. The van der Waals surface area contributed by atoms with Crippen molar-refractivity contribution in [1.29, 1.82) is 0 Å². The van der Waals surface area contributed by atoms with Gasteiger partial charge in [0.1, 0.15) is 0 Å². The van der Waals surface area contributed by atoms with E-state index < -0.39 is 17.9 Å². The molecule has 0 aliphatic carbocycles. The van der Waals surface area contributed by atoms with Crippen molar-refractivity contribution in [3.8, 4) is 0 Å². The maximum atomic E-state index is 11.2. The highest BCUT2D eigenvalue weighted by molar-refractivity contribution is 5.69. The summed E-state index contributed by atoms with van der Waals surface area (Å²) in [6, 6.07) is -0.0835. The van der Waals surface area contributed by atoms with Crippen molar-refractivity contribution in [2.24, 2.45) is 0 Å². The average molecular weight is 418 g/mol. The molecule has 11 nitrogen and oxygen atoms in total. The molecule has 1 atom stereocenters. The van der Waals surface area contributed by atoms with Crippen LogP contribution in [-0.2, 0) is 14.4 Å². The fraction of sp³-hybridized carbons (Fsp3) is 0.833. The minimum atomic E-state index is -0.980. The lowest BCUT2D eigenvalue weighted by molar-refractivity contribution is -0.140. The number of carbonyl (C=O) groups is 3. The van der Waals surface area contributed by atoms with Crippen LogP contribution in [0.4, 0.5) is 0 Å². The third kappa shape index (κ3) is 10.5. The Morgan fingerprint density at radius 2 is 1.00 bits per heavy atom. The molecule has 1 rings (SSSR count). The first kappa shape index (κ1) is 25.2. The Labute approximate surface area is 171 Å². The van der Waals surface area contributed by atoms with Crippen LogP contribution in [0.5, 0.6) is 0 Å². The second kappa shape index (κ2) is 13.4. The Kier molecular flexibility index (Phi) is 11.7. The highest BCUT2D eigenvalue weighted by atomic mass is 16.4. The number of aliphatic hydroxyl groups is 1. The van der Waals surface area contributed by atoms with Gasteiger partial charge in [-0.3, -0.25) is 34.0 Å². The van der Waals surface area contributed by atoms with Crippen LogP contribution in [-0.4, -0.2) is 143 Å². The highest BCUT2D eigenvalue weighted by Gasteiger charge is 2.22. The number of hydrogen-bond acceptors (Lipinski definition) is 8. The van der Waals surface area contributed by atoms with E-state index in [9.17, 15) is 29.7 Å². The van der Waals surface area contributed by atoms with Crippen LogP contribution in [0.2, 0.25) is 0 Å². The zero-order valence-corrected chi connectivity index (χ0v) is 17.1. The van der Waals surface area contributed by atoms with E-state index in [1.807, 2.05) is 6.92 Å². The zero-order chi connectivity index (χ0) is 21.8.